The minimum Gasteiger partial charge on any atom is -0.399 e. The zero-order chi connectivity index (χ0) is 15.8. The summed E-state index contributed by atoms with van der Waals surface area (Å²) in [5.74, 6) is -0.339. The Morgan fingerprint density at radius 1 is 1.29 bits per heavy atom. The fraction of sp³-hybridized carbons (Fsp3) is 0.231. The van der Waals surface area contributed by atoms with Gasteiger partial charge in [0.1, 0.15) is 0 Å². The summed E-state index contributed by atoms with van der Waals surface area (Å²) in [5.41, 5.74) is 4.87. The summed E-state index contributed by atoms with van der Waals surface area (Å²) in [5, 5.41) is 3.97. The Hall–Kier alpha value is -2.51. The van der Waals surface area contributed by atoms with Crippen LogP contribution in [0.2, 0.25) is 0 Å². The predicted molar refractivity (Wildman–Crippen MR) is 71.0 cm³/mol. The van der Waals surface area contributed by atoms with E-state index in [9.17, 15) is 18.0 Å². The van der Waals surface area contributed by atoms with Crippen LogP contribution in [-0.4, -0.2) is 34.7 Å². The number of carbonyl (C=O) groups is 1. The van der Waals surface area contributed by atoms with E-state index in [-0.39, 0.29) is 23.0 Å². The molecule has 0 unspecified atom stereocenters. The van der Waals surface area contributed by atoms with Crippen LogP contribution in [0.3, 0.4) is 0 Å². The highest BCUT2D eigenvalue weighted by atomic mass is 19.4. The molecule has 1 amide bonds. The second-order valence-corrected chi connectivity index (χ2v) is 4.66. The number of rotatable bonds is 2. The molecule has 0 radical (unpaired) electrons. The van der Waals surface area contributed by atoms with Crippen molar-refractivity contribution < 1.29 is 18.0 Å². The maximum Gasteiger partial charge on any atom is 0.416 e. The number of nitrogens with zero attached hydrogens (tertiary/aromatic N) is 3. The molecule has 0 fully saturated rings. The van der Waals surface area contributed by atoms with Crippen molar-refractivity contribution in [3.63, 3.8) is 0 Å². The number of aromatic nitrogens is 2. The molecule has 2 rings (SSSR count). The van der Waals surface area contributed by atoms with E-state index in [4.69, 9.17) is 5.73 Å². The Bertz CT molecular complexity index is 676. The molecule has 1 heterocycles. The van der Waals surface area contributed by atoms with Crippen molar-refractivity contribution >= 4 is 11.6 Å². The molecule has 5 nitrogen and oxygen atoms in total. The van der Waals surface area contributed by atoms with Gasteiger partial charge in [-0.1, -0.05) is 0 Å². The average Bonchev–Trinajstić information content (AvgIpc) is 2.85. The third-order valence-corrected chi connectivity index (χ3v) is 2.75. The molecule has 21 heavy (non-hydrogen) atoms. The first-order valence-electron chi connectivity index (χ1n) is 5.94. The maximum atomic E-state index is 12.8. The Morgan fingerprint density at radius 3 is 2.52 bits per heavy atom. The van der Waals surface area contributed by atoms with Crippen LogP contribution < -0.4 is 5.73 Å². The second kappa shape index (κ2) is 5.12. The smallest absolute Gasteiger partial charge is 0.399 e. The summed E-state index contributed by atoms with van der Waals surface area (Å²) in [6.45, 7) is 0. The summed E-state index contributed by atoms with van der Waals surface area (Å²) in [7, 11) is 3.12. The number of anilines is 1. The van der Waals surface area contributed by atoms with E-state index in [0.717, 1.165) is 12.1 Å². The summed E-state index contributed by atoms with van der Waals surface area (Å²) < 4.78 is 39.5. The molecule has 0 atom stereocenters. The molecule has 0 aliphatic rings. The number of alkyl halides is 3. The first kappa shape index (κ1) is 14.9. The first-order valence-corrected chi connectivity index (χ1v) is 5.94. The van der Waals surface area contributed by atoms with Gasteiger partial charge in [0, 0.05) is 26.0 Å². The lowest BCUT2D eigenvalue weighted by molar-refractivity contribution is -0.137. The Kier molecular flexibility index (Phi) is 3.63. The molecule has 2 aromatic rings. The van der Waals surface area contributed by atoms with E-state index < -0.39 is 11.7 Å². The van der Waals surface area contributed by atoms with E-state index >= 15 is 0 Å². The molecule has 1 aromatic carbocycles. The molecule has 0 aliphatic carbocycles. The van der Waals surface area contributed by atoms with Crippen LogP contribution in [0, 0.1) is 0 Å². The highest BCUT2D eigenvalue weighted by molar-refractivity contribution is 5.91. The number of amides is 1. The lowest BCUT2D eigenvalue weighted by Crippen LogP contribution is -2.22. The van der Waals surface area contributed by atoms with E-state index in [1.54, 1.807) is 14.1 Å². The van der Waals surface area contributed by atoms with Crippen LogP contribution in [0.4, 0.5) is 18.9 Å². The zero-order valence-electron chi connectivity index (χ0n) is 11.3. The predicted octanol–water partition coefficient (Wildman–Crippen LogP) is 2.18. The largest absolute Gasteiger partial charge is 0.416 e. The first-order chi connectivity index (χ1) is 9.68. The highest BCUT2D eigenvalue weighted by Crippen LogP contribution is 2.32. The lowest BCUT2D eigenvalue weighted by atomic mass is 10.1. The normalized spacial score (nSPS) is 11.5. The van der Waals surface area contributed by atoms with Crippen molar-refractivity contribution in [3.8, 4) is 5.69 Å². The number of carbonyl (C=O) groups excluding carboxylic acids is 1. The van der Waals surface area contributed by atoms with Crippen LogP contribution in [-0.2, 0) is 6.18 Å². The number of nitrogens with two attached hydrogens (primary N) is 1. The van der Waals surface area contributed by atoms with Gasteiger partial charge < -0.3 is 10.6 Å². The monoisotopic (exact) mass is 298 g/mol. The van der Waals surface area contributed by atoms with Gasteiger partial charge in [-0.25, -0.2) is 4.68 Å². The van der Waals surface area contributed by atoms with Gasteiger partial charge >= 0.3 is 6.18 Å². The van der Waals surface area contributed by atoms with Gasteiger partial charge in [0.2, 0.25) is 0 Å². The summed E-state index contributed by atoms with van der Waals surface area (Å²) in [6.07, 6.45) is -3.09. The molecule has 0 saturated carbocycles. The molecule has 1 aromatic heterocycles. The summed E-state index contributed by atoms with van der Waals surface area (Å²) >= 11 is 0. The van der Waals surface area contributed by atoms with Crippen LogP contribution >= 0.6 is 0 Å². The number of nitrogen functional groups attached to an aromatic ring is 1. The Labute approximate surface area is 118 Å². The molecule has 112 valence electrons. The Balaban J connectivity index is 2.43. The SMILES string of the molecule is CN(C)C(=O)c1ccn(-c2cc(N)cc(C(F)(F)F)c2)n1. The zero-order valence-corrected chi connectivity index (χ0v) is 11.3. The van der Waals surface area contributed by atoms with Gasteiger partial charge in [0.05, 0.1) is 11.3 Å². The van der Waals surface area contributed by atoms with Gasteiger partial charge in [0.25, 0.3) is 5.91 Å². The molecule has 0 aliphatic heterocycles. The van der Waals surface area contributed by atoms with Gasteiger partial charge in [-0.15, -0.1) is 0 Å². The van der Waals surface area contributed by atoms with Crippen molar-refractivity contribution in [3.05, 3.63) is 41.7 Å². The maximum absolute atomic E-state index is 12.8. The lowest BCUT2D eigenvalue weighted by Gasteiger charge is -2.10. The molecular weight excluding hydrogens is 285 g/mol. The van der Waals surface area contributed by atoms with Crippen LogP contribution in [0.25, 0.3) is 5.69 Å². The van der Waals surface area contributed by atoms with E-state index in [1.165, 1.54) is 27.9 Å². The van der Waals surface area contributed by atoms with Gasteiger partial charge in [-0.3, -0.25) is 4.79 Å². The number of hydrogen-bond donors (Lipinski definition) is 1. The summed E-state index contributed by atoms with van der Waals surface area (Å²) in [4.78, 5) is 13.1. The quantitative estimate of drug-likeness (QED) is 0.864. The summed E-state index contributed by atoms with van der Waals surface area (Å²) in [6, 6.07) is 4.55. The second-order valence-electron chi connectivity index (χ2n) is 4.66. The van der Waals surface area contributed by atoms with E-state index in [0.29, 0.717) is 0 Å². The average molecular weight is 298 g/mol. The van der Waals surface area contributed by atoms with Gasteiger partial charge in [-0.05, 0) is 24.3 Å². The minimum absolute atomic E-state index is 0.0317. The standard InChI is InChI=1S/C13H13F3N4O/c1-19(2)12(21)11-3-4-20(18-11)10-6-8(13(14,15)16)5-9(17)7-10/h3-7H,17H2,1-2H3. The van der Waals surface area contributed by atoms with Crippen molar-refractivity contribution in [2.45, 2.75) is 6.18 Å². The molecular formula is C13H13F3N4O. The minimum atomic E-state index is -4.50. The van der Waals surface area contributed by atoms with Crippen molar-refractivity contribution in [1.29, 1.82) is 0 Å². The molecule has 0 bridgehead atoms. The van der Waals surface area contributed by atoms with Crippen molar-refractivity contribution in [2.75, 3.05) is 19.8 Å². The molecule has 2 N–H and O–H groups in total. The highest BCUT2D eigenvalue weighted by Gasteiger charge is 2.31. The van der Waals surface area contributed by atoms with E-state index in [2.05, 4.69) is 5.10 Å². The van der Waals surface area contributed by atoms with Crippen LogP contribution in [0.15, 0.2) is 30.5 Å². The van der Waals surface area contributed by atoms with Crippen LogP contribution in [0.1, 0.15) is 16.1 Å². The fourth-order valence-corrected chi connectivity index (χ4v) is 1.74. The van der Waals surface area contributed by atoms with Gasteiger partial charge in [0.15, 0.2) is 5.69 Å². The third kappa shape index (κ3) is 3.15. The van der Waals surface area contributed by atoms with Crippen LogP contribution in [0.5, 0.6) is 0 Å². The van der Waals surface area contributed by atoms with Gasteiger partial charge in [-0.2, -0.15) is 18.3 Å². The number of hydrogen-bond acceptors (Lipinski definition) is 3. The molecule has 0 saturated heterocycles. The molecule has 8 heteroatoms. The number of benzene rings is 1. The topological polar surface area (TPSA) is 64.2 Å². The molecule has 0 spiro atoms. The van der Waals surface area contributed by atoms with E-state index in [1.807, 2.05) is 0 Å². The van der Waals surface area contributed by atoms with Crippen molar-refractivity contribution in [2.24, 2.45) is 0 Å². The third-order valence-electron chi connectivity index (χ3n) is 2.75. The Morgan fingerprint density at radius 2 is 1.95 bits per heavy atom. The van der Waals surface area contributed by atoms with Crippen molar-refractivity contribution in [1.82, 2.24) is 14.7 Å². The fourth-order valence-electron chi connectivity index (χ4n) is 1.74. The number of halogens is 3.